The Labute approximate surface area is 229 Å². The van der Waals surface area contributed by atoms with Gasteiger partial charge in [0.15, 0.2) is 0 Å². The van der Waals surface area contributed by atoms with Crippen molar-refractivity contribution in [2.24, 2.45) is 5.92 Å². The summed E-state index contributed by atoms with van der Waals surface area (Å²) in [5.74, 6) is 0.661. The summed E-state index contributed by atoms with van der Waals surface area (Å²) < 4.78 is 0. The molecule has 0 unspecified atom stereocenters. The van der Waals surface area contributed by atoms with E-state index in [9.17, 15) is 14.4 Å². The number of hydrogen-bond acceptors (Lipinski definition) is 5. The summed E-state index contributed by atoms with van der Waals surface area (Å²) in [5.41, 5.74) is 0.969. The topological polar surface area (TPSA) is 76.2 Å². The van der Waals surface area contributed by atoms with Gasteiger partial charge in [-0.05, 0) is 74.3 Å². The predicted molar refractivity (Wildman–Crippen MR) is 151 cm³/mol. The minimum absolute atomic E-state index is 0.00667. The number of anilines is 2. The molecule has 2 aromatic carbocycles. The van der Waals surface area contributed by atoms with E-state index < -0.39 is 5.54 Å². The molecule has 0 saturated carbocycles. The molecule has 0 radical (unpaired) electrons. The minimum atomic E-state index is -0.755. The fourth-order valence-corrected chi connectivity index (χ4v) is 6.21. The van der Waals surface area contributed by atoms with Gasteiger partial charge in [0.1, 0.15) is 12.1 Å². The van der Waals surface area contributed by atoms with Gasteiger partial charge in [0, 0.05) is 42.4 Å². The Hall–Kier alpha value is -3.20. The second-order valence-electron chi connectivity index (χ2n) is 10.6. The summed E-state index contributed by atoms with van der Waals surface area (Å²) >= 11 is 1.66. The van der Waals surface area contributed by atoms with Crippen LogP contribution in [0.3, 0.4) is 0 Å². The number of piperidine rings is 2. The molecule has 0 bridgehead atoms. The van der Waals surface area contributed by atoms with Gasteiger partial charge in [-0.1, -0.05) is 25.1 Å². The van der Waals surface area contributed by atoms with E-state index >= 15 is 0 Å². The number of nitrogens with one attached hydrogen (secondary N) is 1. The Balaban J connectivity index is 1.28. The molecule has 0 aliphatic carbocycles. The number of carbonyl (C=O) groups excluding carboxylic acids is 3. The summed E-state index contributed by atoms with van der Waals surface area (Å²) in [6.07, 6.45) is 5.08. The summed E-state index contributed by atoms with van der Waals surface area (Å²) in [6, 6.07) is 17.6. The number of nitrogens with zero attached hydrogens (tertiary/aromatic N) is 4. The van der Waals surface area contributed by atoms with E-state index in [0.717, 1.165) is 42.2 Å². The molecule has 9 heteroatoms. The number of urea groups is 1. The van der Waals surface area contributed by atoms with E-state index in [1.807, 2.05) is 65.8 Å². The predicted octanol–water partition coefficient (Wildman–Crippen LogP) is 4.34. The molecule has 3 aliphatic heterocycles. The first-order valence-corrected chi connectivity index (χ1v) is 14.7. The Morgan fingerprint density at radius 1 is 0.947 bits per heavy atom. The lowest BCUT2D eigenvalue weighted by atomic mass is 9.85. The number of likely N-dealkylation sites (tertiary alicyclic amines) is 2. The Morgan fingerprint density at radius 3 is 2.24 bits per heavy atom. The van der Waals surface area contributed by atoms with E-state index in [-0.39, 0.29) is 24.4 Å². The van der Waals surface area contributed by atoms with E-state index in [0.29, 0.717) is 38.5 Å². The molecule has 8 nitrogen and oxygen atoms in total. The van der Waals surface area contributed by atoms with Gasteiger partial charge < -0.3 is 24.9 Å². The first-order chi connectivity index (χ1) is 18.4. The van der Waals surface area contributed by atoms with Crippen molar-refractivity contribution in [2.45, 2.75) is 43.0 Å². The molecule has 0 aromatic heterocycles. The van der Waals surface area contributed by atoms with Crippen LogP contribution in [-0.4, -0.2) is 83.7 Å². The standard InChI is InChI=1S/C29H37N5O3S/c1-22-12-16-31(17-13-22)26(35)20-33-21-34(24-6-4-3-5-7-24)29(27(33)36)14-18-32(19-15-29)28(37)30-23-8-10-25(38-2)11-9-23/h3-11,22H,12-21H2,1-2H3,(H,30,37). The van der Waals surface area contributed by atoms with E-state index in [4.69, 9.17) is 0 Å². The second-order valence-corrected chi connectivity index (χ2v) is 11.5. The van der Waals surface area contributed by atoms with Crippen molar-refractivity contribution in [1.29, 1.82) is 0 Å². The number of hydrogen-bond donors (Lipinski definition) is 1. The average molecular weight is 536 g/mol. The molecule has 3 heterocycles. The maximum atomic E-state index is 14.0. The molecule has 202 valence electrons. The largest absolute Gasteiger partial charge is 0.341 e. The van der Waals surface area contributed by atoms with Crippen LogP contribution in [0.15, 0.2) is 59.5 Å². The Morgan fingerprint density at radius 2 is 1.61 bits per heavy atom. The van der Waals surface area contributed by atoms with Gasteiger partial charge in [0.25, 0.3) is 5.91 Å². The normalized spacial score (nSPS) is 19.8. The van der Waals surface area contributed by atoms with E-state index in [2.05, 4.69) is 17.1 Å². The molecule has 1 N–H and O–H groups in total. The molecular formula is C29H37N5O3S. The number of benzene rings is 2. The van der Waals surface area contributed by atoms with Crippen LogP contribution in [0.25, 0.3) is 0 Å². The van der Waals surface area contributed by atoms with Gasteiger partial charge in [-0.25, -0.2) is 4.79 Å². The van der Waals surface area contributed by atoms with E-state index in [1.165, 1.54) is 0 Å². The average Bonchev–Trinajstić information content (AvgIpc) is 3.20. The number of amides is 4. The van der Waals surface area contributed by atoms with Crippen LogP contribution in [0.1, 0.15) is 32.6 Å². The zero-order valence-corrected chi connectivity index (χ0v) is 23.1. The lowest BCUT2D eigenvalue weighted by molar-refractivity contribution is -0.141. The highest BCUT2D eigenvalue weighted by Crippen LogP contribution is 2.39. The Bertz CT molecular complexity index is 1140. The van der Waals surface area contributed by atoms with Crippen molar-refractivity contribution in [3.63, 3.8) is 0 Å². The molecule has 38 heavy (non-hydrogen) atoms. The lowest BCUT2D eigenvalue weighted by Gasteiger charge is -2.43. The number of rotatable bonds is 5. The summed E-state index contributed by atoms with van der Waals surface area (Å²) in [7, 11) is 0. The molecule has 1 spiro atoms. The molecule has 4 amide bonds. The quantitative estimate of drug-likeness (QED) is 0.577. The molecule has 3 fully saturated rings. The van der Waals surface area contributed by atoms with Crippen molar-refractivity contribution in [3.8, 4) is 0 Å². The fourth-order valence-electron chi connectivity index (χ4n) is 5.80. The number of thioether (sulfide) groups is 1. The minimum Gasteiger partial charge on any atom is -0.341 e. The van der Waals surface area contributed by atoms with Gasteiger partial charge in [-0.3, -0.25) is 9.59 Å². The van der Waals surface area contributed by atoms with Crippen LogP contribution >= 0.6 is 11.8 Å². The monoisotopic (exact) mass is 535 g/mol. The molecule has 3 aliphatic rings. The van der Waals surface area contributed by atoms with Crippen molar-refractivity contribution < 1.29 is 14.4 Å². The first-order valence-electron chi connectivity index (χ1n) is 13.5. The van der Waals surface area contributed by atoms with Crippen LogP contribution in [0.4, 0.5) is 16.2 Å². The first kappa shape index (κ1) is 26.4. The molecule has 2 aromatic rings. The van der Waals surface area contributed by atoms with Crippen LogP contribution in [-0.2, 0) is 9.59 Å². The molecule has 0 atom stereocenters. The summed E-state index contributed by atoms with van der Waals surface area (Å²) in [6.45, 7) is 5.17. The zero-order valence-electron chi connectivity index (χ0n) is 22.3. The number of para-hydroxylation sites is 1. The van der Waals surface area contributed by atoms with Crippen LogP contribution in [0, 0.1) is 5.92 Å². The van der Waals surface area contributed by atoms with Gasteiger partial charge in [-0.15, -0.1) is 11.8 Å². The third-order valence-electron chi connectivity index (χ3n) is 8.26. The lowest BCUT2D eigenvalue weighted by Crippen LogP contribution is -2.58. The van der Waals surface area contributed by atoms with Crippen molar-refractivity contribution >= 4 is 41.0 Å². The maximum absolute atomic E-state index is 14.0. The third kappa shape index (κ3) is 5.34. The van der Waals surface area contributed by atoms with Crippen LogP contribution in [0.2, 0.25) is 0 Å². The van der Waals surface area contributed by atoms with Gasteiger partial charge in [0.2, 0.25) is 5.91 Å². The highest BCUT2D eigenvalue weighted by molar-refractivity contribution is 7.98. The highest BCUT2D eigenvalue weighted by atomic mass is 32.2. The third-order valence-corrected chi connectivity index (χ3v) is 9.01. The zero-order chi connectivity index (χ0) is 26.7. The van der Waals surface area contributed by atoms with Gasteiger partial charge in [0.05, 0.1) is 6.67 Å². The Kier molecular flexibility index (Phi) is 7.83. The summed E-state index contributed by atoms with van der Waals surface area (Å²) in [5, 5.41) is 2.99. The van der Waals surface area contributed by atoms with Crippen LogP contribution < -0.4 is 10.2 Å². The fraction of sp³-hybridized carbons (Fsp3) is 0.483. The molecule has 3 saturated heterocycles. The maximum Gasteiger partial charge on any atom is 0.321 e. The second kappa shape index (κ2) is 11.3. The number of carbonyl (C=O) groups is 3. The highest BCUT2D eigenvalue weighted by Gasteiger charge is 2.54. The van der Waals surface area contributed by atoms with Crippen molar-refractivity contribution in [2.75, 3.05) is 55.9 Å². The van der Waals surface area contributed by atoms with Gasteiger partial charge in [-0.2, -0.15) is 0 Å². The molecular weight excluding hydrogens is 498 g/mol. The molecule has 5 rings (SSSR count). The smallest absolute Gasteiger partial charge is 0.321 e. The van der Waals surface area contributed by atoms with Crippen molar-refractivity contribution in [1.82, 2.24) is 14.7 Å². The van der Waals surface area contributed by atoms with Crippen LogP contribution in [0.5, 0.6) is 0 Å². The SMILES string of the molecule is CSc1ccc(NC(=O)N2CCC3(CC2)C(=O)N(CC(=O)N2CCC(C)CC2)CN3c2ccccc2)cc1. The summed E-state index contributed by atoms with van der Waals surface area (Å²) in [4.78, 5) is 48.8. The van der Waals surface area contributed by atoms with E-state index in [1.54, 1.807) is 21.6 Å². The van der Waals surface area contributed by atoms with Crippen molar-refractivity contribution in [3.05, 3.63) is 54.6 Å². The van der Waals surface area contributed by atoms with Gasteiger partial charge >= 0.3 is 6.03 Å².